The Morgan fingerprint density at radius 3 is 3.00 bits per heavy atom. The molecule has 1 N–H and O–H groups in total. The Morgan fingerprint density at radius 1 is 1.55 bits per heavy atom. The van der Waals surface area contributed by atoms with Gasteiger partial charge in [-0.1, -0.05) is 12.1 Å². The van der Waals surface area contributed by atoms with Gasteiger partial charge in [0, 0.05) is 43.8 Å². The summed E-state index contributed by atoms with van der Waals surface area (Å²) >= 11 is 0. The van der Waals surface area contributed by atoms with E-state index in [1.54, 1.807) is 23.1 Å². The number of carbonyl (C=O) groups excluding carboxylic acids is 1. The van der Waals surface area contributed by atoms with E-state index >= 15 is 0 Å². The number of nitrogens with zero attached hydrogens (tertiary/aromatic N) is 2. The van der Waals surface area contributed by atoms with Crippen LogP contribution in [0.4, 0.5) is 5.69 Å². The van der Waals surface area contributed by atoms with Crippen LogP contribution in [0.15, 0.2) is 30.3 Å². The largest absolute Gasteiger partial charge is 0.396 e. The number of rotatable bonds is 4. The highest BCUT2D eigenvalue weighted by Gasteiger charge is 2.24. The number of benzene rings is 1. The van der Waals surface area contributed by atoms with E-state index in [9.17, 15) is 14.9 Å². The second-order valence-corrected chi connectivity index (χ2v) is 4.81. The summed E-state index contributed by atoms with van der Waals surface area (Å²) in [4.78, 5) is 23.8. The highest BCUT2D eigenvalue weighted by atomic mass is 16.6. The Balaban J connectivity index is 2.00. The van der Waals surface area contributed by atoms with E-state index in [0.29, 0.717) is 18.7 Å². The predicted octanol–water partition coefficient (Wildman–Crippen LogP) is 1.45. The van der Waals surface area contributed by atoms with Crippen LogP contribution in [0.3, 0.4) is 0 Å². The van der Waals surface area contributed by atoms with Crippen molar-refractivity contribution in [1.82, 2.24) is 4.90 Å². The quantitative estimate of drug-likeness (QED) is 0.512. The van der Waals surface area contributed by atoms with E-state index in [-0.39, 0.29) is 24.1 Å². The number of hydrogen-bond acceptors (Lipinski definition) is 4. The van der Waals surface area contributed by atoms with Gasteiger partial charge >= 0.3 is 0 Å². The molecule has 0 saturated carbocycles. The third kappa shape index (κ3) is 3.42. The second-order valence-electron chi connectivity index (χ2n) is 4.81. The highest BCUT2D eigenvalue weighted by Crippen LogP contribution is 2.17. The van der Waals surface area contributed by atoms with Crippen LogP contribution in [-0.2, 0) is 4.79 Å². The zero-order valence-corrected chi connectivity index (χ0v) is 10.9. The van der Waals surface area contributed by atoms with Crippen molar-refractivity contribution in [1.29, 1.82) is 0 Å². The standard InChI is InChI=1S/C14H16N2O4/c17-10-12-6-7-15(9-12)14(18)5-4-11-2-1-3-13(8-11)16(19)20/h1-5,8,12,17H,6-7,9-10H2. The molecule has 0 bridgehead atoms. The molecule has 1 unspecified atom stereocenters. The van der Waals surface area contributed by atoms with Gasteiger partial charge in [0.15, 0.2) is 0 Å². The number of aliphatic hydroxyl groups excluding tert-OH is 1. The van der Waals surface area contributed by atoms with Crippen LogP contribution in [0.5, 0.6) is 0 Å². The Kier molecular flexibility index (Phi) is 4.47. The summed E-state index contributed by atoms with van der Waals surface area (Å²) in [6, 6.07) is 6.12. The lowest BCUT2D eigenvalue weighted by atomic mass is 10.1. The summed E-state index contributed by atoms with van der Waals surface area (Å²) in [6.45, 7) is 1.30. The van der Waals surface area contributed by atoms with Gasteiger partial charge in [-0.05, 0) is 18.1 Å². The molecule has 1 fully saturated rings. The number of amides is 1. The normalized spacial score (nSPS) is 18.6. The van der Waals surface area contributed by atoms with Gasteiger partial charge in [0.25, 0.3) is 5.69 Å². The Hall–Kier alpha value is -2.21. The number of carbonyl (C=O) groups is 1. The number of aliphatic hydroxyl groups is 1. The predicted molar refractivity (Wildman–Crippen MR) is 73.9 cm³/mol. The van der Waals surface area contributed by atoms with Crippen LogP contribution < -0.4 is 0 Å². The molecule has 6 heteroatoms. The molecule has 1 aromatic rings. The minimum Gasteiger partial charge on any atom is -0.396 e. The molecule has 1 saturated heterocycles. The van der Waals surface area contributed by atoms with Crippen LogP contribution >= 0.6 is 0 Å². The lowest BCUT2D eigenvalue weighted by Crippen LogP contribution is -2.27. The van der Waals surface area contributed by atoms with Crippen LogP contribution in [0, 0.1) is 16.0 Å². The van der Waals surface area contributed by atoms with E-state index in [0.717, 1.165) is 6.42 Å². The van der Waals surface area contributed by atoms with Crippen LogP contribution in [0.25, 0.3) is 6.08 Å². The molecule has 0 aliphatic carbocycles. The monoisotopic (exact) mass is 276 g/mol. The van der Waals surface area contributed by atoms with E-state index < -0.39 is 4.92 Å². The molecule has 20 heavy (non-hydrogen) atoms. The lowest BCUT2D eigenvalue weighted by molar-refractivity contribution is -0.384. The van der Waals surface area contributed by atoms with Crippen molar-refractivity contribution in [2.45, 2.75) is 6.42 Å². The minimum absolute atomic E-state index is 0.00103. The highest BCUT2D eigenvalue weighted by molar-refractivity contribution is 5.92. The number of hydrogen-bond donors (Lipinski definition) is 1. The number of likely N-dealkylation sites (tertiary alicyclic amines) is 1. The molecule has 106 valence electrons. The smallest absolute Gasteiger partial charge is 0.270 e. The summed E-state index contributed by atoms with van der Waals surface area (Å²) in [5, 5.41) is 19.7. The molecule has 0 spiro atoms. The van der Waals surface area contributed by atoms with Gasteiger partial charge in [-0.2, -0.15) is 0 Å². The molecule has 1 aromatic carbocycles. The summed E-state index contributed by atoms with van der Waals surface area (Å²) < 4.78 is 0. The zero-order chi connectivity index (χ0) is 14.5. The Morgan fingerprint density at radius 2 is 2.35 bits per heavy atom. The minimum atomic E-state index is -0.467. The first-order valence-corrected chi connectivity index (χ1v) is 6.42. The van der Waals surface area contributed by atoms with Gasteiger partial charge in [0.1, 0.15) is 0 Å². The summed E-state index contributed by atoms with van der Waals surface area (Å²) in [5.41, 5.74) is 0.617. The van der Waals surface area contributed by atoms with Crippen molar-refractivity contribution in [3.8, 4) is 0 Å². The molecule has 1 aliphatic heterocycles. The fraction of sp³-hybridized carbons (Fsp3) is 0.357. The zero-order valence-electron chi connectivity index (χ0n) is 10.9. The first kappa shape index (κ1) is 14.2. The number of nitro benzene ring substituents is 1. The van der Waals surface area contributed by atoms with Crippen molar-refractivity contribution >= 4 is 17.7 Å². The molecule has 1 amide bonds. The molecule has 0 aromatic heterocycles. The van der Waals surface area contributed by atoms with Crippen molar-refractivity contribution in [3.63, 3.8) is 0 Å². The van der Waals surface area contributed by atoms with Crippen molar-refractivity contribution in [3.05, 3.63) is 46.0 Å². The summed E-state index contributed by atoms with van der Waals surface area (Å²) in [5.74, 6) is 0.0256. The van der Waals surface area contributed by atoms with Gasteiger partial charge < -0.3 is 10.0 Å². The van der Waals surface area contributed by atoms with Crippen molar-refractivity contribution < 1.29 is 14.8 Å². The van der Waals surface area contributed by atoms with E-state index in [4.69, 9.17) is 5.11 Å². The van der Waals surface area contributed by atoms with Crippen molar-refractivity contribution in [2.24, 2.45) is 5.92 Å². The molecule has 1 heterocycles. The lowest BCUT2D eigenvalue weighted by Gasteiger charge is -2.13. The molecule has 0 radical (unpaired) electrons. The molecular formula is C14H16N2O4. The maximum Gasteiger partial charge on any atom is 0.270 e. The third-order valence-corrected chi connectivity index (χ3v) is 3.36. The second kappa shape index (κ2) is 6.29. The fourth-order valence-corrected chi connectivity index (χ4v) is 2.20. The molecule has 6 nitrogen and oxygen atoms in total. The van der Waals surface area contributed by atoms with E-state index in [2.05, 4.69) is 0 Å². The Bertz CT molecular complexity index is 542. The topological polar surface area (TPSA) is 83.7 Å². The van der Waals surface area contributed by atoms with Crippen LogP contribution in [0.1, 0.15) is 12.0 Å². The first-order valence-electron chi connectivity index (χ1n) is 6.42. The van der Waals surface area contributed by atoms with Gasteiger partial charge in [-0.25, -0.2) is 0 Å². The summed E-state index contributed by atoms with van der Waals surface area (Å²) in [6.07, 6.45) is 3.80. The summed E-state index contributed by atoms with van der Waals surface area (Å²) in [7, 11) is 0. The molecule has 1 atom stereocenters. The maximum absolute atomic E-state index is 11.9. The number of non-ortho nitro benzene ring substituents is 1. The maximum atomic E-state index is 11.9. The third-order valence-electron chi connectivity index (χ3n) is 3.36. The van der Waals surface area contributed by atoms with E-state index in [1.165, 1.54) is 18.2 Å². The van der Waals surface area contributed by atoms with E-state index in [1.807, 2.05) is 0 Å². The van der Waals surface area contributed by atoms with Crippen molar-refractivity contribution in [2.75, 3.05) is 19.7 Å². The average Bonchev–Trinajstić information content (AvgIpc) is 2.94. The van der Waals surface area contributed by atoms with Gasteiger partial charge in [0.05, 0.1) is 4.92 Å². The molecule has 1 aliphatic rings. The van der Waals surface area contributed by atoms with Crippen LogP contribution in [0.2, 0.25) is 0 Å². The van der Waals surface area contributed by atoms with Gasteiger partial charge in [0.2, 0.25) is 5.91 Å². The molecule has 2 rings (SSSR count). The SMILES string of the molecule is O=C(C=Cc1cccc([N+](=O)[O-])c1)N1CCC(CO)C1. The average molecular weight is 276 g/mol. The Labute approximate surface area is 116 Å². The van der Waals surface area contributed by atoms with Crippen LogP contribution in [-0.4, -0.2) is 40.5 Å². The number of nitro groups is 1. The van der Waals surface area contributed by atoms with Gasteiger partial charge in [-0.15, -0.1) is 0 Å². The van der Waals surface area contributed by atoms with Gasteiger partial charge in [-0.3, -0.25) is 14.9 Å². The molecular weight excluding hydrogens is 260 g/mol. The first-order chi connectivity index (χ1) is 9.60. The fourth-order valence-electron chi connectivity index (χ4n) is 2.20.